The number of para-hydroxylation sites is 1. The van der Waals surface area contributed by atoms with Crippen LogP contribution in [0.4, 0.5) is 11.4 Å². The molecule has 1 N–H and O–H groups in total. The van der Waals surface area contributed by atoms with Gasteiger partial charge in [0.15, 0.2) is 5.84 Å². The van der Waals surface area contributed by atoms with Crippen molar-refractivity contribution in [3.05, 3.63) is 72.3 Å². The largest absolute Gasteiger partial charge is 0.459 e. The van der Waals surface area contributed by atoms with Crippen molar-refractivity contribution in [2.24, 2.45) is 15.3 Å². The average molecular weight is 347 g/mol. The van der Waals surface area contributed by atoms with E-state index in [-0.39, 0.29) is 6.79 Å². The number of rotatable bonds is 4. The lowest BCUT2D eigenvalue weighted by atomic mass is 10.2. The molecule has 0 spiro atoms. The molecule has 0 radical (unpaired) electrons. The molecule has 0 amide bonds. The highest BCUT2D eigenvalue weighted by atomic mass is 16.7. The van der Waals surface area contributed by atoms with Crippen molar-refractivity contribution in [1.82, 2.24) is 0 Å². The van der Waals surface area contributed by atoms with Crippen LogP contribution >= 0.6 is 0 Å². The molecule has 0 saturated carbocycles. The minimum Gasteiger partial charge on any atom is -0.459 e. The third-order valence-electron chi connectivity index (χ3n) is 3.79. The summed E-state index contributed by atoms with van der Waals surface area (Å²) >= 11 is 0. The summed E-state index contributed by atoms with van der Waals surface area (Å²) < 4.78 is 10.8. The van der Waals surface area contributed by atoms with Gasteiger partial charge in [0.1, 0.15) is 12.0 Å². The summed E-state index contributed by atoms with van der Waals surface area (Å²) in [5.41, 5.74) is 6.49. The Bertz CT molecular complexity index is 919. The molecule has 4 rings (SSSR count). The maximum atomic E-state index is 5.59. The Morgan fingerprint density at radius 2 is 2.00 bits per heavy atom. The average Bonchev–Trinajstić information content (AvgIpc) is 3.34. The molecule has 2 aromatic carbocycles. The maximum Gasteiger partial charge on any atom is 0.238 e. The van der Waals surface area contributed by atoms with Crippen molar-refractivity contribution in [3.63, 3.8) is 0 Å². The van der Waals surface area contributed by atoms with Gasteiger partial charge in [-0.3, -0.25) is 10.3 Å². The predicted molar refractivity (Wildman–Crippen MR) is 102 cm³/mol. The van der Waals surface area contributed by atoms with Crippen LogP contribution in [0.25, 0.3) is 0 Å². The molecule has 130 valence electrons. The molecule has 2 aromatic rings. The number of nitrogens with zero attached hydrogens (tertiary/aromatic N) is 4. The number of anilines is 2. The summed E-state index contributed by atoms with van der Waals surface area (Å²) in [5.74, 6) is 1.09. The van der Waals surface area contributed by atoms with Crippen molar-refractivity contribution in [1.29, 1.82) is 0 Å². The Hall–Kier alpha value is -3.61. The normalized spacial score (nSPS) is 16.7. The standard InChI is InChI=1S/C19H17N5O2/c1-14-6-5-9-16(10-14)24(18-12-25-13-26-18)19-17(11-20-23-19)22-21-15-7-3-2-4-8-15/h2-12,21H,13H2,1H3. The van der Waals surface area contributed by atoms with Gasteiger partial charge in [-0.05, 0) is 36.8 Å². The van der Waals surface area contributed by atoms with Crippen LogP contribution in [0.2, 0.25) is 0 Å². The molecule has 26 heavy (non-hydrogen) atoms. The summed E-state index contributed by atoms with van der Waals surface area (Å²) in [7, 11) is 0. The summed E-state index contributed by atoms with van der Waals surface area (Å²) in [6, 6.07) is 17.7. The topological polar surface area (TPSA) is 70.8 Å². The Morgan fingerprint density at radius 3 is 2.77 bits per heavy atom. The molecule has 0 fully saturated rings. The minimum absolute atomic E-state index is 0.167. The van der Waals surface area contributed by atoms with Crippen LogP contribution in [0.1, 0.15) is 5.56 Å². The number of hydrogen-bond acceptors (Lipinski definition) is 7. The molecule has 7 nitrogen and oxygen atoms in total. The monoisotopic (exact) mass is 347 g/mol. The van der Waals surface area contributed by atoms with Crippen LogP contribution in [-0.4, -0.2) is 24.6 Å². The highest BCUT2D eigenvalue weighted by molar-refractivity contribution is 6.66. The molecule has 2 heterocycles. The van der Waals surface area contributed by atoms with E-state index < -0.39 is 0 Å². The van der Waals surface area contributed by atoms with Crippen molar-refractivity contribution < 1.29 is 9.47 Å². The quantitative estimate of drug-likeness (QED) is 0.860. The second-order valence-electron chi connectivity index (χ2n) is 5.70. The minimum atomic E-state index is 0.167. The first-order chi connectivity index (χ1) is 12.8. The van der Waals surface area contributed by atoms with Gasteiger partial charge >= 0.3 is 0 Å². The summed E-state index contributed by atoms with van der Waals surface area (Å²) in [4.78, 5) is 1.83. The second-order valence-corrected chi connectivity index (χ2v) is 5.70. The summed E-state index contributed by atoms with van der Waals surface area (Å²) in [6.07, 6.45) is 3.16. The molecule has 7 heteroatoms. The van der Waals surface area contributed by atoms with E-state index in [4.69, 9.17) is 9.47 Å². The van der Waals surface area contributed by atoms with Crippen LogP contribution in [0, 0.1) is 6.92 Å². The van der Waals surface area contributed by atoms with Crippen LogP contribution in [0.3, 0.4) is 0 Å². The van der Waals surface area contributed by atoms with Gasteiger partial charge in [-0.2, -0.15) is 10.2 Å². The SMILES string of the molecule is Cc1cccc(N(C2=COCO2)C2=NN=CC2=NNc2ccccc2)c1. The first-order valence-electron chi connectivity index (χ1n) is 8.13. The molecule has 0 atom stereocenters. The van der Waals surface area contributed by atoms with Gasteiger partial charge in [-0.25, -0.2) is 0 Å². The predicted octanol–water partition coefficient (Wildman–Crippen LogP) is 3.47. The number of benzene rings is 2. The van der Waals surface area contributed by atoms with E-state index in [0.29, 0.717) is 17.4 Å². The van der Waals surface area contributed by atoms with Gasteiger partial charge in [0, 0.05) is 0 Å². The lowest BCUT2D eigenvalue weighted by molar-refractivity contribution is 0.0802. The first-order valence-corrected chi connectivity index (χ1v) is 8.13. The number of aryl methyl sites for hydroxylation is 1. The molecule has 0 aliphatic carbocycles. The van der Waals surface area contributed by atoms with E-state index in [1.54, 1.807) is 12.5 Å². The highest BCUT2D eigenvalue weighted by Crippen LogP contribution is 2.25. The van der Waals surface area contributed by atoms with Gasteiger partial charge in [0.05, 0.1) is 17.6 Å². The lowest BCUT2D eigenvalue weighted by Gasteiger charge is -2.23. The van der Waals surface area contributed by atoms with Crippen molar-refractivity contribution in [2.75, 3.05) is 17.1 Å². The molecular weight excluding hydrogens is 330 g/mol. The van der Waals surface area contributed by atoms with E-state index in [1.165, 1.54) is 0 Å². The molecular formula is C19H17N5O2. The Balaban J connectivity index is 1.66. The molecule has 0 bridgehead atoms. The number of hydrazone groups is 1. The summed E-state index contributed by atoms with van der Waals surface area (Å²) in [5, 5.41) is 12.7. The zero-order chi connectivity index (χ0) is 17.8. The van der Waals surface area contributed by atoms with E-state index in [2.05, 4.69) is 20.7 Å². The van der Waals surface area contributed by atoms with Crippen molar-refractivity contribution >= 4 is 29.1 Å². The Labute approximate surface area is 151 Å². The molecule has 2 aliphatic heterocycles. The lowest BCUT2D eigenvalue weighted by Crippen LogP contribution is -2.36. The third kappa shape index (κ3) is 3.27. The third-order valence-corrected chi connectivity index (χ3v) is 3.79. The van der Waals surface area contributed by atoms with E-state index in [1.807, 2.05) is 66.4 Å². The fourth-order valence-corrected chi connectivity index (χ4v) is 2.59. The van der Waals surface area contributed by atoms with E-state index >= 15 is 0 Å². The maximum absolute atomic E-state index is 5.59. The van der Waals surface area contributed by atoms with Crippen molar-refractivity contribution in [2.45, 2.75) is 6.92 Å². The fraction of sp³-hybridized carbons (Fsp3) is 0.105. The van der Waals surface area contributed by atoms with Crippen LogP contribution < -0.4 is 10.3 Å². The van der Waals surface area contributed by atoms with Crippen LogP contribution in [0.5, 0.6) is 0 Å². The molecule has 0 aromatic heterocycles. The molecule has 2 aliphatic rings. The Morgan fingerprint density at radius 1 is 1.12 bits per heavy atom. The van der Waals surface area contributed by atoms with Crippen LogP contribution in [-0.2, 0) is 9.47 Å². The van der Waals surface area contributed by atoms with Crippen molar-refractivity contribution in [3.8, 4) is 0 Å². The van der Waals surface area contributed by atoms with Gasteiger partial charge in [0.25, 0.3) is 0 Å². The summed E-state index contributed by atoms with van der Waals surface area (Å²) in [6.45, 7) is 2.20. The van der Waals surface area contributed by atoms with E-state index in [9.17, 15) is 0 Å². The number of ether oxygens (including phenoxy) is 2. The number of hydrogen-bond donors (Lipinski definition) is 1. The van der Waals surface area contributed by atoms with Gasteiger partial charge < -0.3 is 9.47 Å². The van der Waals surface area contributed by atoms with Crippen LogP contribution in [0.15, 0.2) is 82.0 Å². The zero-order valence-electron chi connectivity index (χ0n) is 14.2. The molecule has 0 unspecified atom stereocenters. The fourth-order valence-electron chi connectivity index (χ4n) is 2.59. The van der Waals surface area contributed by atoms with Gasteiger partial charge in [-0.15, -0.1) is 5.10 Å². The zero-order valence-corrected chi connectivity index (χ0v) is 14.2. The molecule has 0 saturated heterocycles. The van der Waals surface area contributed by atoms with E-state index in [0.717, 1.165) is 16.9 Å². The first kappa shape index (κ1) is 15.9. The Kier molecular flexibility index (Phi) is 4.34. The number of nitrogens with one attached hydrogen (secondary N) is 1. The smallest absolute Gasteiger partial charge is 0.238 e. The van der Waals surface area contributed by atoms with Gasteiger partial charge in [-0.1, -0.05) is 30.3 Å². The second kappa shape index (κ2) is 7.10. The number of amidine groups is 1. The highest BCUT2D eigenvalue weighted by Gasteiger charge is 2.28. The van der Waals surface area contributed by atoms with Gasteiger partial charge in [0.2, 0.25) is 12.7 Å².